The number of rotatable bonds is 0. The Labute approximate surface area is 120 Å². The van der Waals surface area contributed by atoms with Crippen molar-refractivity contribution < 1.29 is 4.79 Å². The molecule has 1 aliphatic carbocycles. The first-order valence-corrected chi connectivity index (χ1v) is 7.90. The number of benzene rings is 1. The average Bonchev–Trinajstić information content (AvgIpc) is 2.82. The van der Waals surface area contributed by atoms with Crippen molar-refractivity contribution >= 4 is 49.0 Å². The van der Waals surface area contributed by atoms with Gasteiger partial charge >= 0.3 is 0 Å². The molecule has 0 unspecified atom stereocenters. The molecule has 0 amide bonds. The van der Waals surface area contributed by atoms with Crippen LogP contribution in [-0.4, -0.2) is 5.78 Å². The Kier molecular flexibility index (Phi) is 2.97. The highest BCUT2D eigenvalue weighted by molar-refractivity contribution is 9.12. The van der Waals surface area contributed by atoms with E-state index in [4.69, 9.17) is 0 Å². The third kappa shape index (κ3) is 1.74. The Balaban J connectivity index is 2.30. The lowest BCUT2D eigenvalue weighted by Crippen LogP contribution is -2.02. The molecule has 17 heavy (non-hydrogen) atoms. The van der Waals surface area contributed by atoms with Gasteiger partial charge in [0.1, 0.15) is 0 Å². The predicted molar refractivity (Wildman–Crippen MR) is 77.5 cm³/mol. The van der Waals surface area contributed by atoms with Crippen molar-refractivity contribution in [3.8, 4) is 0 Å². The fraction of sp³-hybridized carbons (Fsp3) is 0.154. The van der Waals surface area contributed by atoms with Crippen molar-refractivity contribution in [3.05, 3.63) is 57.3 Å². The van der Waals surface area contributed by atoms with E-state index in [0.29, 0.717) is 0 Å². The molecule has 0 saturated heterocycles. The van der Waals surface area contributed by atoms with Crippen LogP contribution in [0.5, 0.6) is 0 Å². The second-order valence-electron chi connectivity index (χ2n) is 3.92. The number of carbonyl (C=O) groups is 1. The number of thiophene rings is 1. The Bertz CT molecular complexity index is 591. The maximum Gasteiger partial charge on any atom is 0.194 e. The molecule has 2 atom stereocenters. The first-order chi connectivity index (χ1) is 8.20. The summed E-state index contributed by atoms with van der Waals surface area (Å²) >= 11 is 9.01. The molecule has 0 bridgehead atoms. The van der Waals surface area contributed by atoms with Crippen LogP contribution >= 0.6 is 43.2 Å². The van der Waals surface area contributed by atoms with Crippen molar-refractivity contribution in [1.29, 1.82) is 0 Å². The second-order valence-corrected chi connectivity index (χ2v) is 6.84. The van der Waals surface area contributed by atoms with E-state index >= 15 is 0 Å². The van der Waals surface area contributed by atoms with Crippen molar-refractivity contribution in [2.75, 3.05) is 0 Å². The second kappa shape index (κ2) is 4.34. The standard InChI is InChI=1S/C13H8Br2OS/c14-10-7-3-1-2-4-8(7)12(16)9-5-6-17-13(9)11(10)15/h1-6,10-11H/t10-,11-/m1/s1. The molecule has 1 aliphatic rings. The van der Waals surface area contributed by atoms with Crippen molar-refractivity contribution in [2.24, 2.45) is 0 Å². The molecular formula is C13H8Br2OS. The van der Waals surface area contributed by atoms with Gasteiger partial charge in [-0.3, -0.25) is 4.79 Å². The summed E-state index contributed by atoms with van der Waals surface area (Å²) in [5, 5.41) is 1.98. The van der Waals surface area contributed by atoms with E-state index in [1.807, 2.05) is 35.7 Å². The minimum atomic E-state index is 0.127. The van der Waals surface area contributed by atoms with Crippen LogP contribution in [0.25, 0.3) is 0 Å². The maximum absolute atomic E-state index is 12.4. The molecule has 2 aromatic rings. The number of halogens is 2. The van der Waals surface area contributed by atoms with E-state index in [2.05, 4.69) is 31.9 Å². The lowest BCUT2D eigenvalue weighted by Gasteiger charge is -2.15. The van der Waals surface area contributed by atoms with E-state index in [-0.39, 0.29) is 15.4 Å². The molecule has 0 fully saturated rings. The Morgan fingerprint density at radius 1 is 1.00 bits per heavy atom. The summed E-state index contributed by atoms with van der Waals surface area (Å²) in [5.41, 5.74) is 2.69. The SMILES string of the molecule is O=C1c2ccccc2[C@@H](Br)[C@@H](Br)c2sccc21. The highest BCUT2D eigenvalue weighted by Gasteiger charge is 2.32. The zero-order chi connectivity index (χ0) is 12.0. The van der Waals surface area contributed by atoms with Crippen LogP contribution < -0.4 is 0 Å². The first kappa shape index (κ1) is 11.6. The third-order valence-corrected chi connectivity index (χ3v) is 6.97. The van der Waals surface area contributed by atoms with E-state index in [1.165, 1.54) is 0 Å². The molecule has 0 saturated carbocycles. The van der Waals surface area contributed by atoms with Gasteiger partial charge in [0.15, 0.2) is 5.78 Å². The molecular weight excluding hydrogens is 364 g/mol. The summed E-state index contributed by atoms with van der Waals surface area (Å²) in [5.74, 6) is 0.128. The molecule has 0 radical (unpaired) electrons. The zero-order valence-corrected chi connectivity index (χ0v) is 12.7. The number of hydrogen-bond acceptors (Lipinski definition) is 2. The quantitative estimate of drug-likeness (QED) is 0.604. The molecule has 0 aliphatic heterocycles. The van der Waals surface area contributed by atoms with Gasteiger partial charge < -0.3 is 0 Å². The van der Waals surface area contributed by atoms with Gasteiger partial charge in [-0.15, -0.1) is 11.3 Å². The summed E-state index contributed by atoms with van der Waals surface area (Å²) in [7, 11) is 0. The highest BCUT2D eigenvalue weighted by atomic mass is 79.9. The van der Waals surface area contributed by atoms with Crippen LogP contribution in [0, 0.1) is 0 Å². The zero-order valence-electron chi connectivity index (χ0n) is 8.69. The van der Waals surface area contributed by atoms with Crippen LogP contribution in [0.2, 0.25) is 0 Å². The molecule has 1 heterocycles. The molecule has 86 valence electrons. The number of carbonyl (C=O) groups excluding carboxylic acids is 1. The number of alkyl halides is 2. The summed E-state index contributed by atoms with van der Waals surface area (Å²) in [4.78, 5) is 13.8. The van der Waals surface area contributed by atoms with E-state index in [1.54, 1.807) is 11.3 Å². The first-order valence-electron chi connectivity index (χ1n) is 5.19. The van der Waals surface area contributed by atoms with Gasteiger partial charge in [0.25, 0.3) is 0 Å². The predicted octanol–water partition coefficient (Wildman–Crippen LogP) is 4.86. The van der Waals surface area contributed by atoms with Crippen LogP contribution in [0.3, 0.4) is 0 Å². The summed E-state index contributed by atoms with van der Waals surface area (Å²) in [6.07, 6.45) is 0. The largest absolute Gasteiger partial charge is 0.289 e. The molecule has 0 spiro atoms. The van der Waals surface area contributed by atoms with Crippen LogP contribution in [0.15, 0.2) is 35.7 Å². The van der Waals surface area contributed by atoms with E-state index in [9.17, 15) is 4.79 Å². The third-order valence-electron chi connectivity index (χ3n) is 2.95. The molecule has 1 aromatic heterocycles. The molecule has 1 aromatic carbocycles. The minimum Gasteiger partial charge on any atom is -0.289 e. The van der Waals surface area contributed by atoms with Gasteiger partial charge in [-0.1, -0.05) is 56.1 Å². The lowest BCUT2D eigenvalue weighted by atomic mass is 10.0. The van der Waals surface area contributed by atoms with Crippen LogP contribution in [0.4, 0.5) is 0 Å². The number of hydrogen-bond donors (Lipinski definition) is 0. The fourth-order valence-corrected chi connectivity index (χ4v) is 4.70. The van der Waals surface area contributed by atoms with Gasteiger partial charge in [0.2, 0.25) is 0 Å². The van der Waals surface area contributed by atoms with Crippen molar-refractivity contribution in [3.63, 3.8) is 0 Å². The van der Waals surface area contributed by atoms with E-state index < -0.39 is 0 Å². The average molecular weight is 372 g/mol. The van der Waals surface area contributed by atoms with Crippen LogP contribution in [-0.2, 0) is 0 Å². The van der Waals surface area contributed by atoms with Gasteiger partial charge in [-0.2, -0.15) is 0 Å². The summed E-state index contributed by atoms with van der Waals surface area (Å²) in [6.45, 7) is 0. The molecule has 4 heteroatoms. The van der Waals surface area contributed by atoms with Gasteiger partial charge in [-0.25, -0.2) is 0 Å². The normalized spacial score (nSPS) is 22.8. The van der Waals surface area contributed by atoms with Crippen molar-refractivity contribution in [1.82, 2.24) is 0 Å². The van der Waals surface area contributed by atoms with Crippen molar-refractivity contribution in [2.45, 2.75) is 9.65 Å². The lowest BCUT2D eigenvalue weighted by molar-refractivity contribution is 0.103. The minimum absolute atomic E-state index is 0.127. The number of ketones is 1. The van der Waals surface area contributed by atoms with Gasteiger partial charge in [0.05, 0.1) is 9.65 Å². The smallest absolute Gasteiger partial charge is 0.194 e. The number of fused-ring (bicyclic) bond motifs is 2. The topological polar surface area (TPSA) is 17.1 Å². The van der Waals surface area contributed by atoms with Crippen LogP contribution in [0.1, 0.15) is 36.0 Å². The summed E-state index contributed by atoms with van der Waals surface area (Å²) in [6, 6.07) is 9.71. The van der Waals surface area contributed by atoms with Gasteiger partial charge in [-0.05, 0) is 17.0 Å². The van der Waals surface area contributed by atoms with Gasteiger partial charge in [0, 0.05) is 16.0 Å². The Morgan fingerprint density at radius 3 is 2.59 bits per heavy atom. The maximum atomic E-state index is 12.4. The molecule has 3 rings (SSSR count). The Hall–Kier alpha value is -0.450. The summed E-state index contributed by atoms with van der Waals surface area (Å²) < 4.78 is 0. The Morgan fingerprint density at radius 2 is 1.76 bits per heavy atom. The monoisotopic (exact) mass is 370 g/mol. The molecule has 1 nitrogen and oxygen atoms in total. The molecule has 0 N–H and O–H groups in total. The van der Waals surface area contributed by atoms with E-state index in [0.717, 1.165) is 21.6 Å². The highest BCUT2D eigenvalue weighted by Crippen LogP contribution is 2.49. The fourth-order valence-electron chi connectivity index (χ4n) is 2.10.